The third kappa shape index (κ3) is 4.74. The van der Waals surface area contributed by atoms with Crippen LogP contribution in [0.3, 0.4) is 0 Å². The van der Waals surface area contributed by atoms with Crippen LogP contribution in [-0.4, -0.2) is 31.5 Å². The van der Waals surface area contributed by atoms with Crippen LogP contribution in [0.5, 0.6) is 5.75 Å². The van der Waals surface area contributed by atoms with Gasteiger partial charge in [-0.15, -0.1) is 0 Å². The highest BCUT2D eigenvalue weighted by Gasteiger charge is 2.11. The van der Waals surface area contributed by atoms with E-state index in [2.05, 4.69) is 16.8 Å². The van der Waals surface area contributed by atoms with Gasteiger partial charge in [-0.05, 0) is 47.6 Å². The van der Waals surface area contributed by atoms with Crippen LogP contribution in [0.15, 0.2) is 35.0 Å². The predicted octanol–water partition coefficient (Wildman–Crippen LogP) is 3.48. The molecule has 0 fully saturated rings. The standard InChI is InChI=1S/C15H17ClN2O2S/c1-18(8-11-5-6-21-10-11)9-15(19)17-13-7-12(16)3-4-14(13)20-2/h3-7,10H,8-9H2,1-2H3,(H,17,19). The van der Waals surface area contributed by atoms with Crippen molar-refractivity contribution in [3.05, 3.63) is 45.6 Å². The molecular weight excluding hydrogens is 308 g/mol. The average Bonchev–Trinajstić information content (AvgIpc) is 2.91. The molecule has 0 aliphatic rings. The Bertz CT molecular complexity index is 602. The first-order valence-electron chi connectivity index (χ1n) is 6.41. The molecule has 4 nitrogen and oxygen atoms in total. The molecule has 0 unspecified atom stereocenters. The van der Waals surface area contributed by atoms with Gasteiger partial charge in [-0.25, -0.2) is 0 Å². The Morgan fingerprint density at radius 3 is 2.90 bits per heavy atom. The average molecular weight is 325 g/mol. The highest BCUT2D eigenvalue weighted by Crippen LogP contribution is 2.27. The van der Waals surface area contributed by atoms with Gasteiger partial charge < -0.3 is 10.1 Å². The summed E-state index contributed by atoms with van der Waals surface area (Å²) in [6, 6.07) is 7.18. The molecule has 6 heteroatoms. The summed E-state index contributed by atoms with van der Waals surface area (Å²) in [7, 11) is 3.47. The van der Waals surface area contributed by atoms with Crippen molar-refractivity contribution in [3.8, 4) is 5.75 Å². The lowest BCUT2D eigenvalue weighted by Crippen LogP contribution is -2.29. The normalized spacial score (nSPS) is 10.7. The second-order valence-electron chi connectivity index (χ2n) is 4.70. The molecule has 21 heavy (non-hydrogen) atoms. The van der Waals surface area contributed by atoms with Gasteiger partial charge in [0.15, 0.2) is 0 Å². The minimum atomic E-state index is -0.103. The fourth-order valence-corrected chi connectivity index (χ4v) is 2.79. The van der Waals surface area contributed by atoms with E-state index >= 15 is 0 Å². The first-order chi connectivity index (χ1) is 10.1. The van der Waals surface area contributed by atoms with Crippen LogP contribution in [-0.2, 0) is 11.3 Å². The summed E-state index contributed by atoms with van der Waals surface area (Å²) in [5.74, 6) is 0.488. The van der Waals surface area contributed by atoms with Crippen LogP contribution in [0.1, 0.15) is 5.56 Å². The largest absolute Gasteiger partial charge is 0.495 e. The highest BCUT2D eigenvalue weighted by atomic mass is 35.5. The summed E-state index contributed by atoms with van der Waals surface area (Å²) < 4.78 is 5.21. The van der Waals surface area contributed by atoms with E-state index in [9.17, 15) is 4.79 Å². The molecule has 1 aromatic carbocycles. The Balaban J connectivity index is 1.93. The topological polar surface area (TPSA) is 41.6 Å². The van der Waals surface area contributed by atoms with Gasteiger partial charge >= 0.3 is 0 Å². The molecular formula is C15H17ClN2O2S. The lowest BCUT2D eigenvalue weighted by molar-refractivity contribution is -0.117. The van der Waals surface area contributed by atoms with Crippen molar-refractivity contribution in [2.24, 2.45) is 0 Å². The summed E-state index contributed by atoms with van der Waals surface area (Å²) in [5.41, 5.74) is 1.79. The van der Waals surface area contributed by atoms with Crippen molar-refractivity contribution in [2.75, 3.05) is 26.0 Å². The molecule has 0 radical (unpaired) electrons. The number of carbonyl (C=O) groups is 1. The number of amides is 1. The van der Waals surface area contributed by atoms with E-state index in [1.165, 1.54) is 5.56 Å². The van der Waals surface area contributed by atoms with E-state index in [1.54, 1.807) is 36.6 Å². The molecule has 0 saturated carbocycles. The number of hydrogen-bond acceptors (Lipinski definition) is 4. The number of nitrogens with one attached hydrogen (secondary N) is 1. The fraction of sp³-hybridized carbons (Fsp3) is 0.267. The highest BCUT2D eigenvalue weighted by molar-refractivity contribution is 7.07. The predicted molar refractivity (Wildman–Crippen MR) is 87.3 cm³/mol. The molecule has 0 atom stereocenters. The molecule has 1 N–H and O–H groups in total. The summed E-state index contributed by atoms with van der Waals surface area (Å²) in [6.07, 6.45) is 0. The Morgan fingerprint density at radius 1 is 1.43 bits per heavy atom. The van der Waals surface area contributed by atoms with E-state index in [0.717, 1.165) is 6.54 Å². The molecule has 1 aromatic heterocycles. The molecule has 0 saturated heterocycles. The van der Waals surface area contributed by atoms with Gasteiger partial charge in [0.2, 0.25) is 5.91 Å². The summed E-state index contributed by atoms with van der Waals surface area (Å²) in [5, 5.41) is 7.48. The van der Waals surface area contributed by atoms with Crippen molar-refractivity contribution in [1.29, 1.82) is 0 Å². The number of halogens is 1. The van der Waals surface area contributed by atoms with E-state index < -0.39 is 0 Å². The maximum atomic E-state index is 12.1. The Morgan fingerprint density at radius 2 is 2.24 bits per heavy atom. The maximum Gasteiger partial charge on any atom is 0.238 e. The molecule has 0 spiro atoms. The molecule has 2 rings (SSSR count). The molecule has 1 heterocycles. The number of anilines is 1. The van der Waals surface area contributed by atoms with Crippen LogP contribution in [0, 0.1) is 0 Å². The SMILES string of the molecule is COc1ccc(Cl)cc1NC(=O)CN(C)Cc1ccsc1. The van der Waals surface area contributed by atoms with Crippen LogP contribution in [0.2, 0.25) is 5.02 Å². The number of ether oxygens (including phenoxy) is 1. The van der Waals surface area contributed by atoms with Crippen molar-refractivity contribution >= 4 is 34.5 Å². The minimum absolute atomic E-state index is 0.103. The smallest absolute Gasteiger partial charge is 0.238 e. The number of carbonyl (C=O) groups excluding carboxylic acids is 1. The first kappa shape index (κ1) is 15.8. The second kappa shape index (κ2) is 7.45. The second-order valence-corrected chi connectivity index (χ2v) is 5.91. The first-order valence-corrected chi connectivity index (χ1v) is 7.73. The Hall–Kier alpha value is -1.56. The quantitative estimate of drug-likeness (QED) is 0.884. The Kier molecular flexibility index (Phi) is 5.61. The van der Waals surface area contributed by atoms with Crippen LogP contribution in [0.4, 0.5) is 5.69 Å². The number of benzene rings is 1. The number of thiophene rings is 1. The van der Waals surface area contributed by atoms with E-state index in [-0.39, 0.29) is 5.91 Å². The number of rotatable bonds is 6. The van der Waals surface area contributed by atoms with Gasteiger partial charge in [-0.3, -0.25) is 9.69 Å². The van der Waals surface area contributed by atoms with Gasteiger partial charge in [0, 0.05) is 11.6 Å². The lowest BCUT2D eigenvalue weighted by atomic mass is 10.3. The lowest BCUT2D eigenvalue weighted by Gasteiger charge is -2.16. The fourth-order valence-electron chi connectivity index (χ4n) is 1.96. The van der Waals surface area contributed by atoms with Gasteiger partial charge in [0.25, 0.3) is 0 Å². The minimum Gasteiger partial charge on any atom is -0.495 e. The van der Waals surface area contributed by atoms with Crippen molar-refractivity contribution < 1.29 is 9.53 Å². The van der Waals surface area contributed by atoms with E-state index in [1.807, 2.05) is 17.3 Å². The molecule has 2 aromatic rings. The molecule has 0 bridgehead atoms. The van der Waals surface area contributed by atoms with Crippen molar-refractivity contribution in [1.82, 2.24) is 4.90 Å². The zero-order valence-electron chi connectivity index (χ0n) is 11.9. The van der Waals surface area contributed by atoms with Crippen LogP contribution >= 0.6 is 22.9 Å². The number of nitrogens with zero attached hydrogens (tertiary/aromatic N) is 1. The third-order valence-corrected chi connectivity index (χ3v) is 3.85. The zero-order valence-corrected chi connectivity index (χ0v) is 13.5. The molecule has 0 aliphatic carbocycles. The third-order valence-electron chi connectivity index (χ3n) is 2.88. The van der Waals surface area contributed by atoms with Crippen LogP contribution in [0.25, 0.3) is 0 Å². The van der Waals surface area contributed by atoms with E-state index in [4.69, 9.17) is 16.3 Å². The summed E-state index contributed by atoms with van der Waals surface area (Å²) in [4.78, 5) is 14.0. The van der Waals surface area contributed by atoms with Gasteiger partial charge in [-0.1, -0.05) is 11.6 Å². The van der Waals surface area contributed by atoms with Crippen molar-refractivity contribution in [3.63, 3.8) is 0 Å². The number of likely N-dealkylation sites (N-methyl/N-ethyl adjacent to an activating group) is 1. The summed E-state index contributed by atoms with van der Waals surface area (Å²) >= 11 is 7.59. The van der Waals surface area contributed by atoms with E-state index in [0.29, 0.717) is 23.0 Å². The van der Waals surface area contributed by atoms with Gasteiger partial charge in [0.05, 0.1) is 19.3 Å². The molecule has 1 amide bonds. The van der Waals surface area contributed by atoms with Gasteiger partial charge in [-0.2, -0.15) is 11.3 Å². The Labute approximate surface area is 133 Å². The monoisotopic (exact) mass is 324 g/mol. The zero-order chi connectivity index (χ0) is 15.2. The van der Waals surface area contributed by atoms with Crippen LogP contribution < -0.4 is 10.1 Å². The number of hydrogen-bond donors (Lipinski definition) is 1. The van der Waals surface area contributed by atoms with Gasteiger partial charge in [0.1, 0.15) is 5.75 Å². The maximum absolute atomic E-state index is 12.1. The number of methoxy groups -OCH3 is 1. The summed E-state index contributed by atoms with van der Waals surface area (Å²) in [6.45, 7) is 1.04. The molecule has 0 aliphatic heterocycles. The molecule has 112 valence electrons. The van der Waals surface area contributed by atoms with Crippen molar-refractivity contribution in [2.45, 2.75) is 6.54 Å².